The largest absolute Gasteiger partial charge is 0.367 e. The summed E-state index contributed by atoms with van der Waals surface area (Å²) in [6.07, 6.45) is 4.83. The smallest absolute Gasteiger partial charge is 0.0426 e. The molecule has 1 aliphatic rings. The van der Waals surface area contributed by atoms with Gasteiger partial charge in [-0.15, -0.1) is 0 Å². The van der Waals surface area contributed by atoms with Crippen molar-refractivity contribution in [3.05, 3.63) is 40.6 Å². The van der Waals surface area contributed by atoms with Crippen LogP contribution in [-0.2, 0) is 6.42 Å². The van der Waals surface area contributed by atoms with Crippen molar-refractivity contribution >= 4 is 23.5 Å². The minimum atomic E-state index is 0.809. The van der Waals surface area contributed by atoms with Crippen molar-refractivity contribution in [3.63, 3.8) is 0 Å². The number of benzene rings is 1. The molecule has 0 bridgehead atoms. The van der Waals surface area contributed by atoms with E-state index in [1.807, 2.05) is 19.2 Å². The highest BCUT2D eigenvalue weighted by molar-refractivity contribution is 6.30. The van der Waals surface area contributed by atoms with Crippen molar-refractivity contribution in [2.45, 2.75) is 20.3 Å². The van der Waals surface area contributed by atoms with Gasteiger partial charge in [-0.1, -0.05) is 17.7 Å². The van der Waals surface area contributed by atoms with Gasteiger partial charge in [0.25, 0.3) is 0 Å². The molecular weight excluding hydrogens is 232 g/mol. The summed E-state index contributed by atoms with van der Waals surface area (Å²) >= 11 is 6.04. The molecule has 1 aliphatic heterocycles. The van der Waals surface area contributed by atoms with Crippen molar-refractivity contribution in [1.82, 2.24) is 0 Å². The summed E-state index contributed by atoms with van der Waals surface area (Å²) in [4.78, 5) is 6.51. The average molecular weight is 249 g/mol. The predicted molar refractivity (Wildman–Crippen MR) is 75.3 cm³/mol. The normalized spacial score (nSPS) is 15.7. The zero-order chi connectivity index (χ0) is 12.3. The summed E-state index contributed by atoms with van der Waals surface area (Å²) < 4.78 is 0. The fourth-order valence-electron chi connectivity index (χ4n) is 2.13. The minimum Gasteiger partial charge on any atom is -0.367 e. The second-order valence-corrected chi connectivity index (χ2v) is 4.76. The van der Waals surface area contributed by atoms with Crippen LogP contribution in [0.3, 0.4) is 0 Å². The molecule has 17 heavy (non-hydrogen) atoms. The van der Waals surface area contributed by atoms with Gasteiger partial charge in [0.2, 0.25) is 0 Å². The topological polar surface area (TPSA) is 15.6 Å². The lowest BCUT2D eigenvalue weighted by atomic mass is 10.2. The number of hydrogen-bond acceptors (Lipinski definition) is 2. The van der Waals surface area contributed by atoms with Crippen LogP contribution in [0, 0.1) is 0 Å². The molecular formula is C14H17ClN2. The molecule has 0 aliphatic carbocycles. The summed E-state index contributed by atoms with van der Waals surface area (Å²) in [6, 6.07) is 6.15. The van der Waals surface area contributed by atoms with Crippen LogP contribution in [0.4, 0.5) is 5.69 Å². The maximum Gasteiger partial charge on any atom is 0.0426 e. The fraction of sp³-hybridized carbons (Fsp3) is 0.357. The Balaban J connectivity index is 2.14. The lowest BCUT2D eigenvalue weighted by Gasteiger charge is -2.19. The molecule has 3 heteroatoms. The van der Waals surface area contributed by atoms with Gasteiger partial charge in [-0.05, 0) is 43.5 Å². The van der Waals surface area contributed by atoms with Crippen LogP contribution in [0.2, 0.25) is 5.02 Å². The Labute approximate surface area is 108 Å². The number of halogens is 1. The third-order valence-corrected chi connectivity index (χ3v) is 3.16. The summed E-state index contributed by atoms with van der Waals surface area (Å²) in [6.45, 7) is 6.02. The molecule has 1 heterocycles. The number of rotatable bonds is 3. The third-order valence-electron chi connectivity index (χ3n) is 2.92. The Hall–Kier alpha value is -1.28. The van der Waals surface area contributed by atoms with Crippen LogP contribution in [0.5, 0.6) is 0 Å². The van der Waals surface area contributed by atoms with E-state index in [9.17, 15) is 0 Å². The fourth-order valence-corrected chi connectivity index (χ4v) is 2.29. The first-order valence-corrected chi connectivity index (χ1v) is 6.25. The van der Waals surface area contributed by atoms with Crippen molar-refractivity contribution in [3.8, 4) is 0 Å². The van der Waals surface area contributed by atoms with Crippen LogP contribution in [0.15, 0.2) is 35.0 Å². The Morgan fingerprint density at radius 2 is 2.35 bits per heavy atom. The van der Waals surface area contributed by atoms with Crippen molar-refractivity contribution in [2.24, 2.45) is 4.99 Å². The van der Waals surface area contributed by atoms with Gasteiger partial charge in [-0.2, -0.15) is 0 Å². The van der Waals surface area contributed by atoms with E-state index in [1.165, 1.54) is 16.8 Å². The van der Waals surface area contributed by atoms with Crippen LogP contribution >= 0.6 is 11.6 Å². The summed E-state index contributed by atoms with van der Waals surface area (Å²) in [7, 11) is 0. The minimum absolute atomic E-state index is 0.809. The number of fused-ring (bicyclic) bond motifs is 1. The first-order chi connectivity index (χ1) is 8.20. The molecule has 2 rings (SSSR count). The molecule has 1 aromatic rings. The highest BCUT2D eigenvalue weighted by Gasteiger charge is 2.18. The van der Waals surface area contributed by atoms with Gasteiger partial charge in [0.05, 0.1) is 0 Å². The lowest BCUT2D eigenvalue weighted by Crippen LogP contribution is -2.22. The van der Waals surface area contributed by atoms with Crippen LogP contribution in [0.1, 0.15) is 19.4 Å². The Morgan fingerprint density at radius 3 is 3.12 bits per heavy atom. The van der Waals surface area contributed by atoms with Gasteiger partial charge in [-0.3, -0.25) is 4.99 Å². The van der Waals surface area contributed by atoms with E-state index in [0.717, 1.165) is 24.5 Å². The standard InChI is InChI=1S/C14H17ClN2/c1-3-16-9-11(2)10-17-7-6-12-4-5-13(15)8-14(12)17/h3-5,8-9H,6-7,10H2,1-2H3/b11-9+,16-3-. The van der Waals surface area contributed by atoms with Gasteiger partial charge in [0, 0.05) is 36.2 Å². The summed E-state index contributed by atoms with van der Waals surface area (Å²) in [5.41, 5.74) is 3.92. The van der Waals surface area contributed by atoms with E-state index in [-0.39, 0.29) is 0 Å². The van der Waals surface area contributed by atoms with E-state index in [2.05, 4.69) is 28.9 Å². The molecule has 0 unspecified atom stereocenters. The van der Waals surface area contributed by atoms with Crippen molar-refractivity contribution in [1.29, 1.82) is 0 Å². The van der Waals surface area contributed by atoms with E-state index in [0.29, 0.717) is 0 Å². The quantitative estimate of drug-likeness (QED) is 0.745. The number of nitrogens with zero attached hydrogens (tertiary/aromatic N) is 2. The molecule has 1 aromatic carbocycles. The second-order valence-electron chi connectivity index (χ2n) is 4.33. The number of hydrogen-bond donors (Lipinski definition) is 0. The van der Waals surface area contributed by atoms with Gasteiger partial charge >= 0.3 is 0 Å². The summed E-state index contributed by atoms with van der Waals surface area (Å²) in [5.74, 6) is 0. The average Bonchev–Trinajstić information content (AvgIpc) is 2.69. The first kappa shape index (κ1) is 12.2. The molecule has 0 radical (unpaired) electrons. The molecule has 0 spiro atoms. The zero-order valence-corrected chi connectivity index (χ0v) is 11.0. The van der Waals surface area contributed by atoms with E-state index in [4.69, 9.17) is 11.6 Å². The highest BCUT2D eigenvalue weighted by Crippen LogP contribution is 2.31. The maximum atomic E-state index is 6.04. The first-order valence-electron chi connectivity index (χ1n) is 5.87. The van der Waals surface area contributed by atoms with Gasteiger partial charge < -0.3 is 4.90 Å². The van der Waals surface area contributed by atoms with Crippen LogP contribution in [-0.4, -0.2) is 19.3 Å². The molecule has 0 saturated carbocycles. The molecule has 90 valence electrons. The Bertz CT molecular complexity index is 463. The molecule has 0 fully saturated rings. The third kappa shape index (κ3) is 2.89. The molecule has 0 N–H and O–H groups in total. The molecule has 0 saturated heterocycles. The zero-order valence-electron chi connectivity index (χ0n) is 10.3. The predicted octanol–water partition coefficient (Wildman–Crippen LogP) is 3.70. The lowest BCUT2D eigenvalue weighted by molar-refractivity contribution is 0.877. The molecule has 0 atom stereocenters. The van der Waals surface area contributed by atoms with Crippen LogP contribution in [0.25, 0.3) is 0 Å². The SMILES string of the molecule is C/C=N\C=C(/C)CN1CCc2ccc(Cl)cc21. The van der Waals surface area contributed by atoms with Crippen molar-refractivity contribution < 1.29 is 0 Å². The maximum absolute atomic E-state index is 6.04. The van der Waals surface area contributed by atoms with Crippen LogP contribution < -0.4 is 4.90 Å². The molecule has 0 amide bonds. The second kappa shape index (κ2) is 5.37. The van der Waals surface area contributed by atoms with E-state index >= 15 is 0 Å². The monoisotopic (exact) mass is 248 g/mol. The summed E-state index contributed by atoms with van der Waals surface area (Å²) in [5, 5.41) is 0.809. The molecule has 2 nitrogen and oxygen atoms in total. The Kier molecular flexibility index (Phi) is 3.85. The van der Waals surface area contributed by atoms with Gasteiger partial charge in [0.15, 0.2) is 0 Å². The van der Waals surface area contributed by atoms with Crippen molar-refractivity contribution in [2.75, 3.05) is 18.0 Å². The highest BCUT2D eigenvalue weighted by atomic mass is 35.5. The molecule has 0 aromatic heterocycles. The van der Waals surface area contributed by atoms with E-state index < -0.39 is 0 Å². The Morgan fingerprint density at radius 1 is 1.53 bits per heavy atom. The van der Waals surface area contributed by atoms with E-state index in [1.54, 1.807) is 6.21 Å². The van der Waals surface area contributed by atoms with Gasteiger partial charge in [0.1, 0.15) is 0 Å². The number of aliphatic imine (C=N–C) groups is 1. The number of anilines is 1. The van der Waals surface area contributed by atoms with Gasteiger partial charge in [-0.25, -0.2) is 0 Å².